The van der Waals surface area contributed by atoms with Crippen LogP contribution in [0.2, 0.25) is 0 Å². The third-order valence-electron chi connectivity index (χ3n) is 6.51. The number of benzene rings is 2. The Bertz CT molecular complexity index is 1230. The summed E-state index contributed by atoms with van der Waals surface area (Å²) in [6.45, 7) is 3.50. The van der Waals surface area contributed by atoms with Gasteiger partial charge in [-0.3, -0.25) is 9.69 Å². The van der Waals surface area contributed by atoms with E-state index in [1.165, 1.54) is 41.8 Å². The Labute approximate surface area is 204 Å². The van der Waals surface area contributed by atoms with E-state index in [-0.39, 0.29) is 18.0 Å². The van der Waals surface area contributed by atoms with E-state index in [0.29, 0.717) is 0 Å². The van der Waals surface area contributed by atoms with Crippen LogP contribution in [0.25, 0.3) is 0 Å². The summed E-state index contributed by atoms with van der Waals surface area (Å²) < 4.78 is 5.76. The molecule has 0 radical (unpaired) electrons. The van der Waals surface area contributed by atoms with Crippen molar-refractivity contribution in [2.24, 2.45) is 5.41 Å². The first-order valence-electron chi connectivity index (χ1n) is 11.6. The van der Waals surface area contributed by atoms with Gasteiger partial charge in [-0.1, -0.05) is 72.8 Å². The minimum absolute atomic E-state index is 0.0359. The average Bonchev–Trinajstić information content (AvgIpc) is 3.39. The van der Waals surface area contributed by atoms with Crippen molar-refractivity contribution in [2.45, 2.75) is 32.4 Å². The van der Waals surface area contributed by atoms with E-state index in [2.05, 4.69) is 65.6 Å². The fourth-order valence-corrected chi connectivity index (χ4v) is 4.57. The van der Waals surface area contributed by atoms with E-state index in [4.69, 9.17) is 14.6 Å². The van der Waals surface area contributed by atoms with E-state index in [1.807, 2.05) is 6.07 Å². The molecule has 1 aromatic heterocycles. The molecule has 2 unspecified atom stereocenters. The van der Waals surface area contributed by atoms with Crippen molar-refractivity contribution in [2.75, 3.05) is 6.54 Å². The van der Waals surface area contributed by atoms with Crippen LogP contribution in [-0.4, -0.2) is 33.6 Å². The van der Waals surface area contributed by atoms with Crippen LogP contribution in [0.15, 0.2) is 101 Å². The zero-order valence-corrected chi connectivity index (χ0v) is 19.6. The molecule has 1 aliphatic carbocycles. The summed E-state index contributed by atoms with van der Waals surface area (Å²) in [5.41, 5.74) is 3.21. The Morgan fingerprint density at radius 2 is 1.77 bits per heavy atom. The van der Waals surface area contributed by atoms with E-state index in [9.17, 15) is 9.59 Å². The maximum Gasteiger partial charge on any atom is 0.331 e. The van der Waals surface area contributed by atoms with E-state index >= 15 is 0 Å². The second kappa shape index (κ2) is 10.6. The highest BCUT2D eigenvalue weighted by atomic mass is 16.4. The van der Waals surface area contributed by atoms with Crippen LogP contribution in [0.3, 0.4) is 0 Å². The third-order valence-corrected chi connectivity index (χ3v) is 6.51. The molecular weight excluding hydrogens is 442 g/mol. The molecule has 0 bridgehead atoms. The first kappa shape index (κ1) is 24.2. The number of carbonyl (C=O) groups is 2. The molecule has 0 spiro atoms. The van der Waals surface area contributed by atoms with Crippen LogP contribution in [0.1, 0.15) is 41.8 Å². The summed E-state index contributed by atoms with van der Waals surface area (Å²) in [6.07, 6.45) is 7.30. The predicted octanol–water partition coefficient (Wildman–Crippen LogP) is 5.48. The van der Waals surface area contributed by atoms with Crippen LogP contribution in [0, 0.1) is 5.41 Å². The number of carboxylic acid groups (broad SMARTS) is 2. The molecule has 0 saturated carbocycles. The van der Waals surface area contributed by atoms with Gasteiger partial charge < -0.3 is 14.6 Å². The molecule has 6 nitrogen and oxygen atoms in total. The van der Waals surface area contributed by atoms with Gasteiger partial charge in [0.05, 0.1) is 17.7 Å². The number of carboxylic acids is 2. The number of hydrogen-bond acceptors (Lipinski definition) is 4. The van der Waals surface area contributed by atoms with Gasteiger partial charge in [-0.05, 0) is 48.6 Å². The summed E-state index contributed by atoms with van der Waals surface area (Å²) in [6, 6.07) is 23.7. The molecule has 35 heavy (non-hydrogen) atoms. The summed E-state index contributed by atoms with van der Waals surface area (Å²) in [5.74, 6) is -1.03. The maximum absolute atomic E-state index is 10.8. The van der Waals surface area contributed by atoms with Crippen LogP contribution in [0.5, 0.6) is 0 Å². The monoisotopic (exact) mass is 471 g/mol. The van der Waals surface area contributed by atoms with Gasteiger partial charge in [0, 0.05) is 18.7 Å². The molecule has 2 aromatic carbocycles. The van der Waals surface area contributed by atoms with Gasteiger partial charge in [-0.15, -0.1) is 0 Å². The Morgan fingerprint density at radius 1 is 1.03 bits per heavy atom. The van der Waals surface area contributed by atoms with Crippen molar-refractivity contribution in [3.63, 3.8) is 0 Å². The fourth-order valence-electron chi connectivity index (χ4n) is 4.57. The largest absolute Gasteiger partial charge is 0.481 e. The Hall–Kier alpha value is -3.90. The molecule has 2 heterocycles. The second-order valence-electron chi connectivity index (χ2n) is 9.08. The molecule has 180 valence electrons. The molecular formula is C29H29NO5. The fraction of sp³-hybridized carbons (Fsp3) is 0.241. The number of allylic oxidation sites excluding steroid dienone is 2. The number of nitrogens with zero attached hydrogens (tertiary/aromatic N) is 1. The molecule has 0 fully saturated rings. The van der Waals surface area contributed by atoms with Crippen molar-refractivity contribution >= 4 is 11.9 Å². The number of aliphatic carboxylic acids is 2. The van der Waals surface area contributed by atoms with Gasteiger partial charge in [-0.25, -0.2) is 4.79 Å². The van der Waals surface area contributed by atoms with Gasteiger partial charge in [0.25, 0.3) is 0 Å². The summed E-state index contributed by atoms with van der Waals surface area (Å²) >= 11 is 0. The predicted molar refractivity (Wildman–Crippen MR) is 133 cm³/mol. The summed E-state index contributed by atoms with van der Waals surface area (Å²) in [5, 5.41) is 17.5. The Balaban J connectivity index is 0.000000191. The molecule has 5 rings (SSSR count). The van der Waals surface area contributed by atoms with Crippen molar-refractivity contribution < 1.29 is 24.2 Å². The van der Waals surface area contributed by atoms with Crippen LogP contribution < -0.4 is 0 Å². The number of fused-ring (bicyclic) bond motifs is 1. The molecule has 2 aliphatic rings. The van der Waals surface area contributed by atoms with Crippen molar-refractivity contribution in [1.29, 1.82) is 0 Å². The average molecular weight is 472 g/mol. The van der Waals surface area contributed by atoms with Gasteiger partial charge in [0.1, 0.15) is 5.76 Å². The SMILES string of the molecule is CC1(C(=O)O)C=CC=C(C(=O)O)C1.c1ccc(CN2CCc3ccccc3C2c2ccco2)cc1. The molecule has 0 saturated heterocycles. The van der Waals surface area contributed by atoms with Crippen molar-refractivity contribution in [3.8, 4) is 0 Å². The molecule has 2 N–H and O–H groups in total. The quantitative estimate of drug-likeness (QED) is 0.512. The van der Waals surface area contributed by atoms with E-state index in [0.717, 1.165) is 25.3 Å². The van der Waals surface area contributed by atoms with Gasteiger partial charge in [0.15, 0.2) is 0 Å². The number of hydrogen-bond donors (Lipinski definition) is 2. The normalized spacial score (nSPS) is 21.3. The summed E-state index contributed by atoms with van der Waals surface area (Å²) in [7, 11) is 0. The Kier molecular flexibility index (Phi) is 7.32. The lowest BCUT2D eigenvalue weighted by molar-refractivity contribution is -0.145. The first-order valence-corrected chi connectivity index (χ1v) is 11.6. The third kappa shape index (κ3) is 5.61. The summed E-state index contributed by atoms with van der Waals surface area (Å²) in [4.78, 5) is 23.9. The molecule has 6 heteroatoms. The smallest absolute Gasteiger partial charge is 0.331 e. The lowest BCUT2D eigenvalue weighted by Crippen LogP contribution is -2.35. The van der Waals surface area contributed by atoms with E-state index < -0.39 is 17.4 Å². The van der Waals surface area contributed by atoms with Crippen molar-refractivity contribution in [3.05, 3.63) is 119 Å². The van der Waals surface area contributed by atoms with Gasteiger partial charge >= 0.3 is 11.9 Å². The van der Waals surface area contributed by atoms with Crippen molar-refractivity contribution in [1.82, 2.24) is 4.90 Å². The highest BCUT2D eigenvalue weighted by Crippen LogP contribution is 2.36. The minimum Gasteiger partial charge on any atom is -0.481 e. The number of furan rings is 1. The molecule has 3 aromatic rings. The van der Waals surface area contributed by atoms with Crippen LogP contribution in [0.4, 0.5) is 0 Å². The Morgan fingerprint density at radius 3 is 2.46 bits per heavy atom. The highest BCUT2D eigenvalue weighted by molar-refractivity contribution is 5.90. The molecule has 2 atom stereocenters. The maximum atomic E-state index is 10.8. The molecule has 1 aliphatic heterocycles. The first-order chi connectivity index (χ1) is 16.9. The van der Waals surface area contributed by atoms with Gasteiger partial charge in [-0.2, -0.15) is 0 Å². The minimum atomic E-state index is -1.08. The standard InChI is InChI=1S/C20H19NO.C9H10O4/c1-2-7-16(8-3-1)15-21-13-12-17-9-4-5-10-18(17)20(21)19-11-6-14-22-19;1-9(8(12)13)4-2-3-6(5-9)7(10)11/h1-11,14,20H,12-13,15H2;2-4H,5H2,1H3,(H,10,11)(H,12,13). The zero-order valence-electron chi connectivity index (χ0n) is 19.6. The second-order valence-corrected chi connectivity index (χ2v) is 9.08. The van der Waals surface area contributed by atoms with E-state index in [1.54, 1.807) is 6.26 Å². The zero-order chi connectivity index (χ0) is 24.8. The lowest BCUT2D eigenvalue weighted by Gasteiger charge is -2.36. The molecule has 0 amide bonds. The topological polar surface area (TPSA) is 91.0 Å². The number of rotatable bonds is 5. The van der Waals surface area contributed by atoms with Crippen LogP contribution in [-0.2, 0) is 22.6 Å². The van der Waals surface area contributed by atoms with Crippen LogP contribution >= 0.6 is 0 Å². The highest BCUT2D eigenvalue weighted by Gasteiger charge is 2.34. The lowest BCUT2D eigenvalue weighted by atomic mass is 9.80. The van der Waals surface area contributed by atoms with Gasteiger partial charge in [0.2, 0.25) is 0 Å².